The summed E-state index contributed by atoms with van der Waals surface area (Å²) < 4.78 is 0. The van der Waals surface area contributed by atoms with Crippen LogP contribution in [0.15, 0.2) is 11.7 Å². The maximum atomic E-state index is 10.7. The van der Waals surface area contributed by atoms with Crippen molar-refractivity contribution in [2.75, 3.05) is 0 Å². The molecular formula is C9H12N2O2S. The molecule has 2 rings (SSSR count). The molecule has 1 heterocycles. The van der Waals surface area contributed by atoms with E-state index in [1.807, 2.05) is 6.20 Å². The fourth-order valence-electron chi connectivity index (χ4n) is 1.60. The predicted molar refractivity (Wildman–Crippen MR) is 53.1 cm³/mol. The summed E-state index contributed by atoms with van der Waals surface area (Å²) in [5.41, 5.74) is 1.78. The highest BCUT2D eigenvalue weighted by atomic mass is 32.1. The number of hydrogen-bond acceptors (Lipinski definition) is 4. The summed E-state index contributed by atoms with van der Waals surface area (Å²) in [5.74, 6) is -0.874. The molecule has 1 saturated carbocycles. The van der Waals surface area contributed by atoms with E-state index in [1.54, 1.807) is 16.8 Å². The average molecular weight is 212 g/mol. The fraction of sp³-hybridized carbons (Fsp3) is 0.556. The Balaban J connectivity index is 1.79. The van der Waals surface area contributed by atoms with Gasteiger partial charge in [0.15, 0.2) is 0 Å². The first-order valence-corrected chi connectivity index (χ1v) is 5.49. The summed E-state index contributed by atoms with van der Waals surface area (Å²) in [6, 6.07) is 0.148. The van der Waals surface area contributed by atoms with Gasteiger partial charge in [0.05, 0.1) is 11.4 Å². The first kappa shape index (κ1) is 9.61. The smallest absolute Gasteiger partial charge is 0.308 e. The minimum Gasteiger partial charge on any atom is -0.481 e. The molecule has 0 spiro atoms. The average Bonchev–Trinajstić information content (AvgIpc) is 2.53. The second kappa shape index (κ2) is 4.06. The molecule has 0 aromatic carbocycles. The lowest BCUT2D eigenvalue weighted by molar-refractivity contribution is -0.146. The highest BCUT2D eigenvalue weighted by Crippen LogP contribution is 2.27. The SMILES string of the molecule is O=C(O)C1CCC1NCc1cncs1. The number of carbonyl (C=O) groups is 1. The zero-order valence-electron chi connectivity index (χ0n) is 7.64. The summed E-state index contributed by atoms with van der Waals surface area (Å²) in [6.45, 7) is 0.735. The Kier molecular flexibility index (Phi) is 2.79. The Hall–Kier alpha value is -0.940. The molecule has 0 bridgehead atoms. The van der Waals surface area contributed by atoms with Gasteiger partial charge < -0.3 is 10.4 Å². The standard InChI is InChI=1S/C9H12N2O2S/c12-9(13)7-1-2-8(7)11-4-6-3-10-5-14-6/h3,5,7-8,11H,1-2,4H2,(H,12,13). The molecule has 2 atom stereocenters. The third-order valence-corrected chi connectivity index (χ3v) is 3.39. The van der Waals surface area contributed by atoms with Crippen molar-refractivity contribution in [3.8, 4) is 0 Å². The molecule has 4 nitrogen and oxygen atoms in total. The quantitative estimate of drug-likeness (QED) is 0.784. The van der Waals surface area contributed by atoms with E-state index in [0.29, 0.717) is 0 Å². The Morgan fingerprint density at radius 3 is 3.07 bits per heavy atom. The number of thiazole rings is 1. The van der Waals surface area contributed by atoms with Crippen LogP contribution in [0.25, 0.3) is 0 Å². The van der Waals surface area contributed by atoms with Gasteiger partial charge in [-0.1, -0.05) is 0 Å². The van der Waals surface area contributed by atoms with Crippen LogP contribution in [-0.4, -0.2) is 22.1 Å². The molecule has 76 valence electrons. The van der Waals surface area contributed by atoms with Crippen LogP contribution in [0, 0.1) is 5.92 Å². The molecular weight excluding hydrogens is 200 g/mol. The van der Waals surface area contributed by atoms with Crippen LogP contribution < -0.4 is 5.32 Å². The summed E-state index contributed by atoms with van der Waals surface area (Å²) in [6.07, 6.45) is 3.58. The molecule has 0 aliphatic heterocycles. The van der Waals surface area contributed by atoms with Gasteiger partial charge in [0.1, 0.15) is 0 Å². The van der Waals surface area contributed by atoms with E-state index in [2.05, 4.69) is 10.3 Å². The van der Waals surface area contributed by atoms with E-state index in [0.717, 1.165) is 24.3 Å². The van der Waals surface area contributed by atoms with Crippen LogP contribution in [0.2, 0.25) is 0 Å². The first-order valence-electron chi connectivity index (χ1n) is 4.61. The zero-order valence-corrected chi connectivity index (χ0v) is 8.46. The van der Waals surface area contributed by atoms with Gasteiger partial charge in [-0.05, 0) is 12.8 Å². The van der Waals surface area contributed by atoms with Crippen molar-refractivity contribution >= 4 is 17.3 Å². The second-order valence-corrected chi connectivity index (χ2v) is 4.45. The van der Waals surface area contributed by atoms with Gasteiger partial charge in [-0.25, -0.2) is 0 Å². The Bertz CT molecular complexity index is 313. The van der Waals surface area contributed by atoms with E-state index < -0.39 is 5.97 Å². The van der Waals surface area contributed by atoms with Gasteiger partial charge in [0.2, 0.25) is 0 Å². The van der Waals surface area contributed by atoms with Crippen LogP contribution in [0.1, 0.15) is 17.7 Å². The monoisotopic (exact) mass is 212 g/mol. The van der Waals surface area contributed by atoms with E-state index in [9.17, 15) is 4.79 Å². The maximum absolute atomic E-state index is 10.7. The normalized spacial score (nSPS) is 25.7. The van der Waals surface area contributed by atoms with Crippen molar-refractivity contribution in [1.29, 1.82) is 0 Å². The molecule has 1 fully saturated rings. The van der Waals surface area contributed by atoms with Crippen LogP contribution in [0.5, 0.6) is 0 Å². The Morgan fingerprint density at radius 1 is 1.71 bits per heavy atom. The summed E-state index contributed by atoms with van der Waals surface area (Å²) in [5, 5.41) is 12.1. The minimum atomic E-state index is -0.682. The van der Waals surface area contributed by atoms with Crippen LogP contribution in [-0.2, 0) is 11.3 Å². The van der Waals surface area contributed by atoms with Crippen molar-refractivity contribution < 1.29 is 9.90 Å². The maximum Gasteiger partial charge on any atom is 0.308 e. The third-order valence-electron chi connectivity index (χ3n) is 2.61. The van der Waals surface area contributed by atoms with Gasteiger partial charge in [0.25, 0.3) is 0 Å². The van der Waals surface area contributed by atoms with E-state index >= 15 is 0 Å². The van der Waals surface area contributed by atoms with Crippen molar-refractivity contribution in [2.45, 2.75) is 25.4 Å². The van der Waals surface area contributed by atoms with Crippen molar-refractivity contribution in [2.24, 2.45) is 5.92 Å². The van der Waals surface area contributed by atoms with Crippen molar-refractivity contribution in [3.63, 3.8) is 0 Å². The summed E-state index contributed by atoms with van der Waals surface area (Å²) in [4.78, 5) is 15.8. The Morgan fingerprint density at radius 2 is 2.57 bits per heavy atom. The fourth-order valence-corrected chi connectivity index (χ4v) is 2.15. The zero-order chi connectivity index (χ0) is 9.97. The lowest BCUT2D eigenvalue weighted by Crippen LogP contribution is -2.47. The molecule has 0 amide bonds. The number of carboxylic acids is 1. The number of aromatic nitrogens is 1. The topological polar surface area (TPSA) is 62.2 Å². The molecule has 5 heteroatoms. The third kappa shape index (κ3) is 1.93. The number of nitrogens with zero attached hydrogens (tertiary/aromatic N) is 1. The van der Waals surface area contributed by atoms with Gasteiger partial charge in [-0.15, -0.1) is 11.3 Å². The second-order valence-electron chi connectivity index (χ2n) is 3.48. The first-order chi connectivity index (χ1) is 6.77. The molecule has 2 unspecified atom stereocenters. The van der Waals surface area contributed by atoms with Crippen molar-refractivity contribution in [3.05, 3.63) is 16.6 Å². The number of aliphatic carboxylic acids is 1. The molecule has 1 aromatic heterocycles. The molecule has 1 aromatic rings. The summed E-state index contributed by atoms with van der Waals surface area (Å²) in [7, 11) is 0. The lowest BCUT2D eigenvalue weighted by Gasteiger charge is -2.33. The van der Waals surface area contributed by atoms with Gasteiger partial charge >= 0.3 is 5.97 Å². The van der Waals surface area contributed by atoms with Crippen LogP contribution in [0.4, 0.5) is 0 Å². The highest BCUT2D eigenvalue weighted by Gasteiger charge is 2.35. The van der Waals surface area contributed by atoms with Crippen molar-refractivity contribution in [1.82, 2.24) is 10.3 Å². The number of hydrogen-bond donors (Lipinski definition) is 2. The lowest BCUT2D eigenvalue weighted by atomic mass is 9.79. The van der Waals surface area contributed by atoms with Gasteiger partial charge in [-0.2, -0.15) is 0 Å². The molecule has 0 radical (unpaired) electrons. The molecule has 2 N–H and O–H groups in total. The van der Waals surface area contributed by atoms with Crippen LogP contribution >= 0.6 is 11.3 Å². The van der Waals surface area contributed by atoms with Crippen LogP contribution in [0.3, 0.4) is 0 Å². The molecule has 0 saturated heterocycles. The molecule has 14 heavy (non-hydrogen) atoms. The van der Waals surface area contributed by atoms with Gasteiger partial charge in [-0.3, -0.25) is 9.78 Å². The highest BCUT2D eigenvalue weighted by molar-refractivity contribution is 7.09. The van der Waals surface area contributed by atoms with E-state index in [1.165, 1.54) is 0 Å². The Labute approximate surface area is 86.0 Å². The number of rotatable bonds is 4. The number of nitrogens with one attached hydrogen (secondary N) is 1. The van der Waals surface area contributed by atoms with Gasteiger partial charge in [0, 0.05) is 23.7 Å². The van der Waals surface area contributed by atoms with E-state index in [-0.39, 0.29) is 12.0 Å². The molecule has 1 aliphatic rings. The largest absolute Gasteiger partial charge is 0.481 e. The summed E-state index contributed by atoms with van der Waals surface area (Å²) >= 11 is 1.59. The predicted octanol–water partition coefficient (Wildman–Crippen LogP) is 1.10. The minimum absolute atomic E-state index is 0.148. The molecule has 1 aliphatic carbocycles. The van der Waals surface area contributed by atoms with E-state index in [4.69, 9.17) is 5.11 Å². The number of carboxylic acid groups (broad SMARTS) is 1.